The number of aliphatic hydroxyl groups excluding tert-OH is 2. The molecule has 134 valence electrons. The van der Waals surface area contributed by atoms with Crippen molar-refractivity contribution in [3.05, 3.63) is 35.4 Å². The Bertz CT molecular complexity index is 731. The molecule has 2 saturated heterocycles. The Morgan fingerprint density at radius 3 is 1.38 bits per heavy atom. The van der Waals surface area contributed by atoms with Crippen LogP contribution in [-0.4, -0.2) is 50.8 Å². The van der Waals surface area contributed by atoms with Crippen molar-refractivity contribution < 1.29 is 35.4 Å². The van der Waals surface area contributed by atoms with Crippen LogP contribution in [-0.2, 0) is 28.6 Å². The standard InChI is InChI=1S/C14H18O8S2/c15-13(11-5-7-21-23(11,17)18)9-1-2-10(4-3-9)14(16)12-6-8-22-24(12,19)20/h1-4,11-16H,5-8H2. The summed E-state index contributed by atoms with van der Waals surface area (Å²) in [7, 11) is -7.57. The smallest absolute Gasteiger partial charge is 0.273 e. The minimum Gasteiger partial charge on any atom is -0.387 e. The molecular formula is C14H18O8S2. The van der Waals surface area contributed by atoms with Crippen LogP contribution >= 0.6 is 0 Å². The molecule has 2 heterocycles. The quantitative estimate of drug-likeness (QED) is 0.701. The zero-order valence-electron chi connectivity index (χ0n) is 12.6. The zero-order valence-corrected chi connectivity index (χ0v) is 14.2. The van der Waals surface area contributed by atoms with Gasteiger partial charge in [-0.15, -0.1) is 0 Å². The van der Waals surface area contributed by atoms with Gasteiger partial charge in [-0.2, -0.15) is 16.8 Å². The highest BCUT2D eigenvalue weighted by Gasteiger charge is 2.40. The largest absolute Gasteiger partial charge is 0.387 e. The van der Waals surface area contributed by atoms with Gasteiger partial charge in [0.2, 0.25) is 0 Å². The molecule has 0 bridgehead atoms. The van der Waals surface area contributed by atoms with E-state index >= 15 is 0 Å². The number of hydrogen-bond donors (Lipinski definition) is 2. The fourth-order valence-corrected chi connectivity index (χ4v) is 5.70. The molecular weight excluding hydrogens is 360 g/mol. The molecule has 2 fully saturated rings. The molecule has 0 saturated carbocycles. The number of hydrogen-bond acceptors (Lipinski definition) is 8. The van der Waals surface area contributed by atoms with Crippen LogP contribution in [0.4, 0.5) is 0 Å². The third-order valence-electron chi connectivity index (χ3n) is 4.37. The van der Waals surface area contributed by atoms with Crippen molar-refractivity contribution in [2.75, 3.05) is 13.2 Å². The molecule has 1 aromatic carbocycles. The molecule has 0 aromatic heterocycles. The molecule has 0 amide bonds. The van der Waals surface area contributed by atoms with Gasteiger partial charge in [0.25, 0.3) is 20.2 Å². The average Bonchev–Trinajstić information content (AvgIpc) is 3.07. The third kappa shape index (κ3) is 3.22. The average molecular weight is 378 g/mol. The van der Waals surface area contributed by atoms with E-state index < -0.39 is 42.9 Å². The summed E-state index contributed by atoms with van der Waals surface area (Å²) in [5.74, 6) is 0. The van der Waals surface area contributed by atoms with Gasteiger partial charge in [-0.25, -0.2) is 0 Å². The molecule has 2 aliphatic rings. The predicted octanol–water partition coefficient (Wildman–Crippen LogP) is -0.00920. The van der Waals surface area contributed by atoms with Crippen molar-refractivity contribution in [3.63, 3.8) is 0 Å². The molecule has 1 aromatic rings. The molecule has 3 rings (SSSR count). The molecule has 4 unspecified atom stereocenters. The van der Waals surface area contributed by atoms with Crippen molar-refractivity contribution in [2.24, 2.45) is 0 Å². The van der Waals surface area contributed by atoms with Gasteiger partial charge < -0.3 is 10.2 Å². The van der Waals surface area contributed by atoms with Crippen LogP contribution in [0.25, 0.3) is 0 Å². The molecule has 0 aliphatic carbocycles. The van der Waals surface area contributed by atoms with Crippen LogP contribution in [0, 0.1) is 0 Å². The highest BCUT2D eigenvalue weighted by molar-refractivity contribution is 7.87. The van der Waals surface area contributed by atoms with Crippen molar-refractivity contribution in [1.29, 1.82) is 0 Å². The van der Waals surface area contributed by atoms with Crippen LogP contribution in [0.15, 0.2) is 24.3 Å². The van der Waals surface area contributed by atoms with E-state index in [9.17, 15) is 27.0 Å². The van der Waals surface area contributed by atoms with Crippen molar-refractivity contribution in [3.8, 4) is 0 Å². The van der Waals surface area contributed by atoms with E-state index in [0.717, 1.165) is 0 Å². The topological polar surface area (TPSA) is 127 Å². The second-order valence-corrected chi connectivity index (χ2v) is 9.49. The van der Waals surface area contributed by atoms with Gasteiger partial charge in [0.15, 0.2) is 0 Å². The first kappa shape index (κ1) is 17.8. The maximum absolute atomic E-state index is 11.7. The lowest BCUT2D eigenvalue weighted by Gasteiger charge is -2.19. The molecule has 0 radical (unpaired) electrons. The molecule has 2 N–H and O–H groups in total. The van der Waals surface area contributed by atoms with E-state index in [1.165, 1.54) is 24.3 Å². The van der Waals surface area contributed by atoms with Gasteiger partial charge >= 0.3 is 0 Å². The number of aliphatic hydroxyl groups is 2. The van der Waals surface area contributed by atoms with E-state index in [1.54, 1.807) is 0 Å². The monoisotopic (exact) mass is 378 g/mol. The van der Waals surface area contributed by atoms with Crippen molar-refractivity contribution in [2.45, 2.75) is 35.5 Å². The Balaban J connectivity index is 1.78. The van der Waals surface area contributed by atoms with Crippen molar-refractivity contribution in [1.82, 2.24) is 0 Å². The SMILES string of the molecule is O=S1(=O)OCCC1C(O)c1ccc(C(O)C2CCOS2(=O)=O)cc1. The summed E-state index contributed by atoms with van der Waals surface area (Å²) >= 11 is 0. The molecule has 10 heteroatoms. The van der Waals surface area contributed by atoms with E-state index in [4.69, 9.17) is 0 Å². The lowest BCUT2D eigenvalue weighted by Crippen LogP contribution is -2.25. The molecule has 8 nitrogen and oxygen atoms in total. The summed E-state index contributed by atoms with van der Waals surface area (Å²) in [4.78, 5) is 0. The molecule has 2 aliphatic heterocycles. The van der Waals surface area contributed by atoms with Gasteiger partial charge in [-0.3, -0.25) is 8.37 Å². The van der Waals surface area contributed by atoms with Crippen LogP contribution in [0.1, 0.15) is 36.2 Å². The Kier molecular flexibility index (Phi) is 4.71. The molecule has 4 atom stereocenters. The van der Waals surface area contributed by atoms with Crippen LogP contribution in [0.5, 0.6) is 0 Å². The van der Waals surface area contributed by atoms with E-state index in [1.807, 2.05) is 0 Å². The lowest BCUT2D eigenvalue weighted by molar-refractivity contribution is 0.167. The van der Waals surface area contributed by atoms with Gasteiger partial charge in [-0.1, -0.05) is 24.3 Å². The van der Waals surface area contributed by atoms with Gasteiger partial charge in [-0.05, 0) is 24.0 Å². The highest BCUT2D eigenvalue weighted by Crippen LogP contribution is 2.33. The first-order valence-corrected chi connectivity index (χ1v) is 10.4. The summed E-state index contributed by atoms with van der Waals surface area (Å²) in [6, 6.07) is 5.89. The normalized spacial score (nSPS) is 30.9. The predicted molar refractivity (Wildman–Crippen MR) is 82.9 cm³/mol. The Morgan fingerprint density at radius 2 is 1.12 bits per heavy atom. The second-order valence-electron chi connectivity index (χ2n) is 5.84. The van der Waals surface area contributed by atoms with E-state index in [-0.39, 0.29) is 26.1 Å². The summed E-state index contributed by atoms with van der Waals surface area (Å²) in [6.45, 7) is 0.0841. The van der Waals surface area contributed by atoms with Crippen LogP contribution in [0.3, 0.4) is 0 Å². The summed E-state index contributed by atoms with van der Waals surface area (Å²) < 4.78 is 56.1. The molecule has 24 heavy (non-hydrogen) atoms. The second kappa shape index (κ2) is 6.36. The van der Waals surface area contributed by atoms with Gasteiger partial charge in [0, 0.05) is 0 Å². The maximum atomic E-state index is 11.7. The zero-order chi connectivity index (χ0) is 17.5. The fourth-order valence-electron chi connectivity index (χ4n) is 2.98. The first-order chi connectivity index (χ1) is 11.2. The van der Waals surface area contributed by atoms with Gasteiger partial charge in [0.1, 0.15) is 10.5 Å². The lowest BCUT2D eigenvalue weighted by atomic mass is 9.99. The third-order valence-corrected chi connectivity index (χ3v) is 7.83. The summed E-state index contributed by atoms with van der Waals surface area (Å²) in [5, 5.41) is 18.4. The van der Waals surface area contributed by atoms with E-state index in [2.05, 4.69) is 8.37 Å². The minimum atomic E-state index is -3.78. The van der Waals surface area contributed by atoms with E-state index in [0.29, 0.717) is 11.1 Å². The van der Waals surface area contributed by atoms with Crippen LogP contribution in [0.2, 0.25) is 0 Å². The fraction of sp³-hybridized carbons (Fsp3) is 0.571. The Hall–Kier alpha value is -1.04. The minimum absolute atomic E-state index is 0.0421. The maximum Gasteiger partial charge on any atom is 0.273 e. The summed E-state index contributed by atoms with van der Waals surface area (Å²) in [5.41, 5.74) is 0.714. The Labute approximate surface area is 140 Å². The number of benzene rings is 1. The highest BCUT2D eigenvalue weighted by atomic mass is 32.2. The van der Waals surface area contributed by atoms with Crippen LogP contribution < -0.4 is 0 Å². The molecule has 0 spiro atoms. The van der Waals surface area contributed by atoms with Gasteiger partial charge in [0.05, 0.1) is 25.4 Å². The van der Waals surface area contributed by atoms with Crippen molar-refractivity contribution >= 4 is 20.2 Å². The Morgan fingerprint density at radius 1 is 0.792 bits per heavy atom. The summed E-state index contributed by atoms with van der Waals surface area (Å²) in [6.07, 6.45) is -2.10. The first-order valence-electron chi connectivity index (χ1n) is 7.45. The number of rotatable bonds is 4.